The normalized spacial score (nSPS) is 10.4. The van der Waals surface area contributed by atoms with E-state index in [-0.39, 0.29) is 0 Å². The number of anilines is 1. The number of benzene rings is 2. The Kier molecular flexibility index (Phi) is 4.61. The summed E-state index contributed by atoms with van der Waals surface area (Å²) in [6, 6.07) is 18.8. The lowest BCUT2D eigenvalue weighted by atomic mass is 10.2. The number of rotatable bonds is 4. The van der Waals surface area contributed by atoms with Crippen molar-refractivity contribution in [3.63, 3.8) is 0 Å². The molecule has 122 valence electrons. The highest BCUT2D eigenvalue weighted by atomic mass is 16.6. The Hall–Kier alpha value is -3.08. The zero-order valence-electron chi connectivity index (χ0n) is 13.7. The third-order valence-electron chi connectivity index (χ3n) is 3.58. The summed E-state index contributed by atoms with van der Waals surface area (Å²) >= 11 is 0. The average molecular weight is 321 g/mol. The van der Waals surface area contributed by atoms with Gasteiger partial charge in [-0.3, -0.25) is 5.32 Å². The lowest BCUT2D eigenvalue weighted by Gasteiger charge is -2.09. The quantitative estimate of drug-likeness (QED) is 0.777. The number of para-hydroxylation sites is 1. The van der Waals surface area contributed by atoms with Gasteiger partial charge in [0.1, 0.15) is 11.6 Å². The summed E-state index contributed by atoms with van der Waals surface area (Å²) in [5.74, 6) is 1.07. The Morgan fingerprint density at radius 3 is 2.50 bits per heavy atom. The summed E-state index contributed by atoms with van der Waals surface area (Å²) in [6.45, 7) is 4.05. The zero-order chi connectivity index (χ0) is 16.9. The van der Waals surface area contributed by atoms with E-state index in [0.717, 1.165) is 17.8 Å². The van der Waals surface area contributed by atoms with Gasteiger partial charge in [0.25, 0.3) is 0 Å². The maximum Gasteiger partial charge on any atom is 0.418 e. The summed E-state index contributed by atoms with van der Waals surface area (Å²) < 4.78 is 6.99. The summed E-state index contributed by atoms with van der Waals surface area (Å²) in [4.78, 5) is 12.1. The maximum atomic E-state index is 12.1. The Labute approximate surface area is 140 Å². The highest BCUT2D eigenvalue weighted by Gasteiger charge is 2.13. The molecule has 0 unspecified atom stereocenters. The Morgan fingerprint density at radius 1 is 1.12 bits per heavy atom. The first kappa shape index (κ1) is 15.8. The lowest BCUT2D eigenvalue weighted by Crippen LogP contribution is -2.19. The predicted octanol–water partition coefficient (Wildman–Crippen LogP) is 4.35. The topological polar surface area (TPSA) is 56.1 Å². The molecule has 0 saturated heterocycles. The highest BCUT2D eigenvalue weighted by molar-refractivity contribution is 5.85. The monoisotopic (exact) mass is 321 g/mol. The van der Waals surface area contributed by atoms with Gasteiger partial charge < -0.3 is 4.74 Å². The molecular formula is C19H19N3O2. The van der Waals surface area contributed by atoms with E-state index in [2.05, 4.69) is 10.4 Å². The second kappa shape index (κ2) is 7.00. The number of nitrogens with zero attached hydrogens (tertiary/aromatic N) is 2. The molecule has 0 aliphatic carbocycles. The van der Waals surface area contributed by atoms with Crippen LogP contribution in [0.25, 0.3) is 5.69 Å². The molecule has 0 radical (unpaired) electrons. The van der Waals surface area contributed by atoms with Gasteiger partial charge >= 0.3 is 6.09 Å². The van der Waals surface area contributed by atoms with E-state index in [9.17, 15) is 4.79 Å². The molecule has 0 bridgehead atoms. The summed E-state index contributed by atoms with van der Waals surface area (Å²) in [7, 11) is 0. The van der Waals surface area contributed by atoms with Crippen LogP contribution >= 0.6 is 0 Å². The fraction of sp³-hybridized carbons (Fsp3) is 0.158. The molecule has 1 N–H and O–H groups in total. The zero-order valence-corrected chi connectivity index (χ0v) is 13.7. The SMILES string of the molecule is CCc1cc(NC(=O)Oc2ccccc2)n(-c2ccc(C)cc2)n1. The van der Waals surface area contributed by atoms with E-state index in [4.69, 9.17) is 4.74 Å². The molecule has 5 heteroatoms. The minimum absolute atomic E-state index is 0.493. The Bertz CT molecular complexity index is 824. The van der Waals surface area contributed by atoms with E-state index >= 15 is 0 Å². The second-order valence-electron chi connectivity index (χ2n) is 5.45. The molecule has 0 fully saturated rings. The van der Waals surface area contributed by atoms with Gasteiger partial charge in [0.05, 0.1) is 11.4 Å². The van der Waals surface area contributed by atoms with Crippen molar-refractivity contribution in [3.8, 4) is 11.4 Å². The number of aryl methyl sites for hydroxylation is 2. The van der Waals surface area contributed by atoms with Crippen molar-refractivity contribution in [2.24, 2.45) is 0 Å². The first-order valence-electron chi connectivity index (χ1n) is 7.85. The van der Waals surface area contributed by atoms with Crippen molar-refractivity contribution >= 4 is 11.9 Å². The molecule has 3 aromatic rings. The molecule has 0 saturated carbocycles. The van der Waals surface area contributed by atoms with Crippen LogP contribution in [0.15, 0.2) is 60.7 Å². The number of nitrogens with one attached hydrogen (secondary N) is 1. The maximum absolute atomic E-state index is 12.1. The fourth-order valence-electron chi connectivity index (χ4n) is 2.30. The minimum atomic E-state index is -0.544. The molecule has 1 heterocycles. The van der Waals surface area contributed by atoms with Crippen LogP contribution in [0.5, 0.6) is 5.75 Å². The number of ether oxygens (including phenoxy) is 1. The van der Waals surface area contributed by atoms with Gasteiger partial charge in [0, 0.05) is 6.07 Å². The molecule has 0 aliphatic heterocycles. The van der Waals surface area contributed by atoms with Crippen LogP contribution in [0, 0.1) is 6.92 Å². The highest BCUT2D eigenvalue weighted by Crippen LogP contribution is 2.19. The average Bonchev–Trinajstić information content (AvgIpc) is 2.99. The molecule has 0 spiro atoms. The standard InChI is InChI=1S/C19H19N3O2/c1-3-15-13-18(20-19(23)24-17-7-5-4-6-8-17)22(21-15)16-11-9-14(2)10-12-16/h4-13H,3H2,1-2H3,(H,20,23). The predicted molar refractivity (Wildman–Crippen MR) is 93.8 cm³/mol. The third-order valence-corrected chi connectivity index (χ3v) is 3.58. The van der Waals surface area contributed by atoms with Crippen LogP contribution < -0.4 is 10.1 Å². The third kappa shape index (κ3) is 3.63. The smallest absolute Gasteiger partial charge is 0.410 e. The molecular weight excluding hydrogens is 302 g/mol. The number of hydrogen-bond donors (Lipinski definition) is 1. The van der Waals surface area contributed by atoms with Crippen molar-refractivity contribution in [2.75, 3.05) is 5.32 Å². The number of carbonyl (C=O) groups excluding carboxylic acids is 1. The van der Waals surface area contributed by atoms with Gasteiger partial charge in [-0.15, -0.1) is 0 Å². The molecule has 2 aromatic carbocycles. The van der Waals surface area contributed by atoms with Crippen LogP contribution in [-0.4, -0.2) is 15.9 Å². The summed E-state index contributed by atoms with van der Waals surface area (Å²) in [5.41, 5.74) is 2.94. The number of carbonyl (C=O) groups is 1. The molecule has 0 aliphatic rings. The van der Waals surface area contributed by atoms with Crippen LogP contribution in [0.2, 0.25) is 0 Å². The molecule has 3 rings (SSSR count). The van der Waals surface area contributed by atoms with Crippen molar-refractivity contribution in [2.45, 2.75) is 20.3 Å². The van der Waals surface area contributed by atoms with Crippen molar-refractivity contribution in [1.29, 1.82) is 0 Å². The Balaban J connectivity index is 1.83. The molecule has 1 aromatic heterocycles. The van der Waals surface area contributed by atoms with Crippen LogP contribution in [0.1, 0.15) is 18.2 Å². The van der Waals surface area contributed by atoms with Gasteiger partial charge in [-0.25, -0.2) is 9.48 Å². The van der Waals surface area contributed by atoms with Gasteiger partial charge in [0.2, 0.25) is 0 Å². The lowest BCUT2D eigenvalue weighted by molar-refractivity contribution is 0.215. The first-order valence-corrected chi connectivity index (χ1v) is 7.85. The summed E-state index contributed by atoms with van der Waals surface area (Å²) in [5, 5.41) is 7.30. The Morgan fingerprint density at radius 2 is 1.83 bits per heavy atom. The van der Waals surface area contributed by atoms with Gasteiger partial charge in [-0.05, 0) is 37.6 Å². The molecule has 0 atom stereocenters. The van der Waals surface area contributed by atoms with E-state index in [1.165, 1.54) is 5.56 Å². The van der Waals surface area contributed by atoms with E-state index in [0.29, 0.717) is 11.6 Å². The molecule has 5 nitrogen and oxygen atoms in total. The van der Waals surface area contributed by atoms with Gasteiger partial charge in [-0.2, -0.15) is 5.10 Å². The van der Waals surface area contributed by atoms with Gasteiger partial charge in [0.15, 0.2) is 0 Å². The fourth-order valence-corrected chi connectivity index (χ4v) is 2.30. The first-order chi connectivity index (χ1) is 11.7. The van der Waals surface area contributed by atoms with Crippen LogP contribution in [0.4, 0.5) is 10.6 Å². The van der Waals surface area contributed by atoms with E-state index in [1.807, 2.05) is 62.4 Å². The number of hydrogen-bond acceptors (Lipinski definition) is 3. The summed E-state index contributed by atoms with van der Waals surface area (Å²) in [6.07, 6.45) is 0.235. The van der Waals surface area contributed by atoms with Crippen LogP contribution in [-0.2, 0) is 6.42 Å². The van der Waals surface area contributed by atoms with E-state index in [1.54, 1.807) is 16.8 Å². The van der Waals surface area contributed by atoms with Crippen molar-refractivity contribution < 1.29 is 9.53 Å². The second-order valence-corrected chi connectivity index (χ2v) is 5.45. The number of aromatic nitrogens is 2. The largest absolute Gasteiger partial charge is 0.418 e. The molecule has 24 heavy (non-hydrogen) atoms. The van der Waals surface area contributed by atoms with Crippen molar-refractivity contribution in [3.05, 3.63) is 71.9 Å². The van der Waals surface area contributed by atoms with Gasteiger partial charge in [-0.1, -0.05) is 42.8 Å². The molecule has 1 amide bonds. The number of amides is 1. The van der Waals surface area contributed by atoms with Crippen LogP contribution in [0.3, 0.4) is 0 Å². The van der Waals surface area contributed by atoms with Crippen molar-refractivity contribution in [1.82, 2.24) is 9.78 Å². The minimum Gasteiger partial charge on any atom is -0.410 e. The van der Waals surface area contributed by atoms with E-state index < -0.39 is 6.09 Å².